The van der Waals surface area contributed by atoms with Crippen LogP contribution in [0.4, 0.5) is 0 Å². The maximum Gasteiger partial charge on any atom is 0.323 e. The third-order valence-electron chi connectivity index (χ3n) is 3.00. The first-order valence-electron chi connectivity index (χ1n) is 7.72. The van der Waals surface area contributed by atoms with Crippen molar-refractivity contribution < 1.29 is 23.4 Å². The quantitative estimate of drug-likeness (QED) is 0.519. The van der Waals surface area contributed by atoms with Crippen LogP contribution in [0.2, 0.25) is 0 Å². The van der Waals surface area contributed by atoms with Crippen LogP contribution in [0.25, 0.3) is 0 Å². The molecule has 1 rings (SSSR count). The minimum absolute atomic E-state index is 0.0341. The summed E-state index contributed by atoms with van der Waals surface area (Å²) in [7, 11) is -2.30. The van der Waals surface area contributed by atoms with Crippen molar-refractivity contribution in [3.8, 4) is 5.75 Å². The molecule has 0 aliphatic rings. The summed E-state index contributed by atoms with van der Waals surface area (Å²) in [6, 6.07) is 8.30. The Labute approximate surface area is 138 Å². The SMILES string of the molecule is CC(C)OC(=O)[C@@H](N)CC[C@@H](C)OC[PH](=O)Oc1ccccc1. The highest BCUT2D eigenvalue weighted by Crippen LogP contribution is 2.27. The first-order chi connectivity index (χ1) is 10.9. The van der Waals surface area contributed by atoms with E-state index in [0.29, 0.717) is 18.6 Å². The van der Waals surface area contributed by atoms with E-state index in [9.17, 15) is 9.36 Å². The van der Waals surface area contributed by atoms with E-state index in [-0.39, 0.29) is 18.6 Å². The van der Waals surface area contributed by atoms with Gasteiger partial charge in [0.05, 0.1) is 12.2 Å². The van der Waals surface area contributed by atoms with E-state index in [1.165, 1.54) is 0 Å². The number of benzene rings is 1. The highest BCUT2D eigenvalue weighted by molar-refractivity contribution is 7.39. The van der Waals surface area contributed by atoms with Gasteiger partial charge in [-0.2, -0.15) is 0 Å². The predicted molar refractivity (Wildman–Crippen MR) is 89.9 cm³/mol. The summed E-state index contributed by atoms with van der Waals surface area (Å²) < 4.78 is 27.6. The zero-order valence-corrected chi connectivity index (χ0v) is 14.9. The van der Waals surface area contributed by atoms with Gasteiger partial charge in [0.25, 0.3) is 8.03 Å². The van der Waals surface area contributed by atoms with Crippen LogP contribution in [0.5, 0.6) is 5.75 Å². The van der Waals surface area contributed by atoms with Gasteiger partial charge in [0.1, 0.15) is 18.1 Å². The number of esters is 1. The molecule has 0 fully saturated rings. The molecule has 23 heavy (non-hydrogen) atoms. The molecule has 1 aromatic carbocycles. The molecular formula is C16H26NO5P. The van der Waals surface area contributed by atoms with Crippen LogP contribution in [0.3, 0.4) is 0 Å². The lowest BCUT2D eigenvalue weighted by Gasteiger charge is -2.17. The minimum Gasteiger partial charge on any atom is -0.462 e. The minimum atomic E-state index is -2.30. The first kappa shape index (κ1) is 19.7. The van der Waals surface area contributed by atoms with Crippen LogP contribution in [0.15, 0.2) is 30.3 Å². The predicted octanol–water partition coefficient (Wildman–Crippen LogP) is 2.96. The van der Waals surface area contributed by atoms with Crippen molar-refractivity contribution in [2.75, 3.05) is 6.35 Å². The fourth-order valence-corrected chi connectivity index (χ4v) is 2.67. The largest absolute Gasteiger partial charge is 0.462 e. The number of hydrogen-bond acceptors (Lipinski definition) is 6. The van der Waals surface area contributed by atoms with Crippen molar-refractivity contribution in [1.29, 1.82) is 0 Å². The van der Waals surface area contributed by atoms with Gasteiger partial charge in [0.2, 0.25) is 0 Å². The Hall–Kier alpha value is -1.36. The Morgan fingerprint density at radius 3 is 2.43 bits per heavy atom. The molecule has 7 heteroatoms. The second kappa shape index (κ2) is 10.4. The summed E-state index contributed by atoms with van der Waals surface area (Å²) in [6.07, 6.45) is 0.721. The highest BCUT2D eigenvalue weighted by Gasteiger charge is 2.18. The topological polar surface area (TPSA) is 87.9 Å². The van der Waals surface area contributed by atoms with Gasteiger partial charge < -0.3 is 19.7 Å². The van der Waals surface area contributed by atoms with Crippen molar-refractivity contribution >= 4 is 14.0 Å². The molecule has 6 nitrogen and oxygen atoms in total. The average Bonchev–Trinajstić information content (AvgIpc) is 2.50. The number of ether oxygens (including phenoxy) is 2. The second-order valence-electron chi connectivity index (χ2n) is 5.58. The molecule has 3 atom stereocenters. The van der Waals surface area contributed by atoms with E-state index < -0.39 is 20.0 Å². The molecular weight excluding hydrogens is 317 g/mol. The van der Waals surface area contributed by atoms with E-state index in [1.54, 1.807) is 26.0 Å². The molecule has 1 aromatic rings. The highest BCUT2D eigenvalue weighted by atomic mass is 31.1. The molecule has 0 spiro atoms. The van der Waals surface area contributed by atoms with Gasteiger partial charge in [0.15, 0.2) is 0 Å². The Morgan fingerprint density at radius 1 is 1.17 bits per heavy atom. The van der Waals surface area contributed by atoms with Gasteiger partial charge in [-0.1, -0.05) is 18.2 Å². The van der Waals surface area contributed by atoms with Gasteiger partial charge in [0, 0.05) is 0 Å². The van der Waals surface area contributed by atoms with Crippen LogP contribution in [0.1, 0.15) is 33.6 Å². The summed E-state index contributed by atoms with van der Waals surface area (Å²) in [5.74, 6) is 0.152. The van der Waals surface area contributed by atoms with E-state index in [0.717, 1.165) is 0 Å². The van der Waals surface area contributed by atoms with Crippen molar-refractivity contribution in [3.63, 3.8) is 0 Å². The standard InChI is InChI=1S/C16H26NO5P/c1-12(2)21-16(18)15(17)10-9-13(3)20-11-23(19)22-14-7-5-4-6-8-14/h4-8,12-13,15,23H,9-11,17H2,1-3H3/t13-,15+/m1/s1. The first-order valence-corrected chi connectivity index (χ1v) is 9.24. The summed E-state index contributed by atoms with van der Waals surface area (Å²) in [4.78, 5) is 11.6. The molecule has 0 aromatic heterocycles. The molecule has 0 aliphatic carbocycles. The number of carbonyl (C=O) groups excluding carboxylic acids is 1. The molecule has 130 valence electrons. The Balaban J connectivity index is 2.22. The van der Waals surface area contributed by atoms with Crippen molar-refractivity contribution in [2.45, 2.75) is 51.9 Å². The molecule has 0 heterocycles. The third-order valence-corrected chi connectivity index (χ3v) is 3.87. The molecule has 0 bridgehead atoms. The lowest BCUT2D eigenvalue weighted by Crippen LogP contribution is -2.34. The van der Waals surface area contributed by atoms with Crippen LogP contribution in [0, 0.1) is 0 Å². The number of hydrogen-bond donors (Lipinski definition) is 1. The van der Waals surface area contributed by atoms with Gasteiger partial charge in [-0.3, -0.25) is 9.36 Å². The van der Waals surface area contributed by atoms with Crippen molar-refractivity contribution in [1.82, 2.24) is 0 Å². The molecule has 2 N–H and O–H groups in total. The van der Waals surface area contributed by atoms with Gasteiger partial charge in [-0.15, -0.1) is 0 Å². The van der Waals surface area contributed by atoms with E-state index in [1.807, 2.05) is 25.1 Å². The van der Waals surface area contributed by atoms with Crippen LogP contribution >= 0.6 is 8.03 Å². The number of nitrogens with two attached hydrogens (primary N) is 1. The summed E-state index contributed by atoms with van der Waals surface area (Å²) in [6.45, 7) is 5.40. The molecule has 1 unspecified atom stereocenters. The maximum absolute atomic E-state index is 11.8. The lowest BCUT2D eigenvalue weighted by atomic mass is 10.1. The van der Waals surface area contributed by atoms with E-state index in [2.05, 4.69) is 0 Å². The Morgan fingerprint density at radius 2 is 1.83 bits per heavy atom. The average molecular weight is 343 g/mol. The van der Waals surface area contributed by atoms with Crippen LogP contribution < -0.4 is 10.3 Å². The van der Waals surface area contributed by atoms with Gasteiger partial charge >= 0.3 is 5.97 Å². The van der Waals surface area contributed by atoms with Crippen molar-refractivity contribution in [3.05, 3.63) is 30.3 Å². The van der Waals surface area contributed by atoms with Crippen LogP contribution in [-0.2, 0) is 18.8 Å². The molecule has 0 amide bonds. The summed E-state index contributed by atoms with van der Waals surface area (Å²) in [5, 5.41) is 0. The summed E-state index contributed by atoms with van der Waals surface area (Å²) >= 11 is 0. The second-order valence-corrected chi connectivity index (χ2v) is 6.82. The number of rotatable bonds is 10. The maximum atomic E-state index is 11.8. The number of para-hydroxylation sites is 1. The van der Waals surface area contributed by atoms with Crippen molar-refractivity contribution in [2.24, 2.45) is 5.73 Å². The zero-order valence-electron chi connectivity index (χ0n) is 13.9. The molecule has 0 saturated carbocycles. The summed E-state index contributed by atoms with van der Waals surface area (Å²) in [5.41, 5.74) is 5.76. The number of carbonyl (C=O) groups is 1. The Bertz CT molecular complexity index is 495. The van der Waals surface area contributed by atoms with E-state index >= 15 is 0 Å². The van der Waals surface area contributed by atoms with E-state index in [4.69, 9.17) is 19.7 Å². The van der Waals surface area contributed by atoms with Gasteiger partial charge in [-0.05, 0) is 45.7 Å². The smallest absolute Gasteiger partial charge is 0.323 e. The van der Waals surface area contributed by atoms with Gasteiger partial charge in [-0.25, -0.2) is 0 Å². The third kappa shape index (κ3) is 8.74. The fraction of sp³-hybridized carbons (Fsp3) is 0.562. The molecule has 0 aliphatic heterocycles. The zero-order chi connectivity index (χ0) is 17.2. The monoisotopic (exact) mass is 343 g/mol. The fourth-order valence-electron chi connectivity index (χ4n) is 1.79. The lowest BCUT2D eigenvalue weighted by molar-refractivity contribution is -0.149. The molecule has 0 saturated heterocycles. The van der Waals surface area contributed by atoms with Crippen LogP contribution in [-0.4, -0.2) is 30.6 Å². The molecule has 0 radical (unpaired) electrons. The Kier molecular flexibility index (Phi) is 8.92. The normalized spacial score (nSPS) is 15.0.